The van der Waals surface area contributed by atoms with Crippen LogP contribution in [0.15, 0.2) is 12.3 Å². The van der Waals surface area contributed by atoms with E-state index < -0.39 is 12.1 Å². The molecule has 66 valence electrons. The number of aliphatic carboxylic acids is 1. The van der Waals surface area contributed by atoms with Crippen LogP contribution in [0.2, 0.25) is 0 Å². The molecule has 5 nitrogen and oxygen atoms in total. The molecule has 0 aromatic carbocycles. The SMILES string of the molecule is Cn1nccc1C[C@H](O)C(=O)O. The summed E-state index contributed by atoms with van der Waals surface area (Å²) in [4.78, 5) is 10.3. The molecule has 1 aromatic rings. The molecule has 12 heavy (non-hydrogen) atoms. The Morgan fingerprint density at radius 3 is 2.92 bits per heavy atom. The first-order valence-corrected chi connectivity index (χ1v) is 3.49. The van der Waals surface area contributed by atoms with E-state index in [1.807, 2.05) is 0 Å². The van der Waals surface area contributed by atoms with Crippen molar-refractivity contribution >= 4 is 5.97 Å². The number of aliphatic hydroxyl groups excluding tert-OH is 1. The lowest BCUT2D eigenvalue weighted by molar-refractivity contribution is -0.146. The van der Waals surface area contributed by atoms with Crippen LogP contribution in [0, 0.1) is 0 Å². The van der Waals surface area contributed by atoms with E-state index >= 15 is 0 Å². The van der Waals surface area contributed by atoms with E-state index in [4.69, 9.17) is 10.2 Å². The molecule has 0 radical (unpaired) electrons. The molecule has 0 aliphatic rings. The van der Waals surface area contributed by atoms with Gasteiger partial charge in [0.1, 0.15) is 0 Å². The van der Waals surface area contributed by atoms with Crippen molar-refractivity contribution in [1.82, 2.24) is 9.78 Å². The molecule has 0 spiro atoms. The predicted molar refractivity (Wildman–Crippen MR) is 40.6 cm³/mol. The highest BCUT2D eigenvalue weighted by atomic mass is 16.4. The third kappa shape index (κ3) is 1.82. The summed E-state index contributed by atoms with van der Waals surface area (Å²) in [5, 5.41) is 21.2. The largest absolute Gasteiger partial charge is 0.479 e. The van der Waals surface area contributed by atoms with Crippen molar-refractivity contribution in [3.05, 3.63) is 18.0 Å². The van der Waals surface area contributed by atoms with E-state index in [1.54, 1.807) is 19.3 Å². The summed E-state index contributed by atoms with van der Waals surface area (Å²) >= 11 is 0. The molecule has 1 heterocycles. The minimum absolute atomic E-state index is 0.0891. The normalized spacial score (nSPS) is 12.8. The molecular weight excluding hydrogens is 160 g/mol. The summed E-state index contributed by atoms with van der Waals surface area (Å²) in [6.07, 6.45) is 0.302. The zero-order valence-corrected chi connectivity index (χ0v) is 6.64. The molecular formula is C7H10N2O3. The Labute approximate surface area is 69.2 Å². The monoisotopic (exact) mass is 170 g/mol. The Morgan fingerprint density at radius 1 is 1.83 bits per heavy atom. The number of aryl methyl sites for hydroxylation is 1. The summed E-state index contributed by atoms with van der Waals surface area (Å²) in [5.41, 5.74) is 0.699. The van der Waals surface area contributed by atoms with E-state index in [1.165, 1.54) is 4.68 Å². The fourth-order valence-electron chi connectivity index (χ4n) is 0.887. The lowest BCUT2D eigenvalue weighted by Gasteiger charge is -2.04. The number of carboxylic acid groups (broad SMARTS) is 1. The summed E-state index contributed by atoms with van der Waals surface area (Å²) < 4.78 is 1.53. The van der Waals surface area contributed by atoms with Crippen LogP contribution < -0.4 is 0 Å². The van der Waals surface area contributed by atoms with Crippen LogP contribution in [-0.4, -0.2) is 32.1 Å². The van der Waals surface area contributed by atoms with Crippen molar-refractivity contribution in [2.75, 3.05) is 0 Å². The molecule has 0 unspecified atom stereocenters. The van der Waals surface area contributed by atoms with Crippen molar-refractivity contribution < 1.29 is 15.0 Å². The number of carboxylic acids is 1. The number of nitrogens with zero attached hydrogens (tertiary/aromatic N) is 2. The number of hydrogen-bond acceptors (Lipinski definition) is 3. The van der Waals surface area contributed by atoms with Crippen LogP contribution in [-0.2, 0) is 18.3 Å². The maximum Gasteiger partial charge on any atom is 0.332 e. The smallest absolute Gasteiger partial charge is 0.332 e. The lowest BCUT2D eigenvalue weighted by Crippen LogP contribution is -2.23. The van der Waals surface area contributed by atoms with Crippen LogP contribution in [0.5, 0.6) is 0 Å². The zero-order valence-electron chi connectivity index (χ0n) is 6.64. The first kappa shape index (κ1) is 8.73. The van der Waals surface area contributed by atoms with Gasteiger partial charge in [-0.05, 0) is 6.07 Å². The van der Waals surface area contributed by atoms with Crippen molar-refractivity contribution in [2.24, 2.45) is 7.05 Å². The molecule has 0 fully saturated rings. The number of rotatable bonds is 3. The number of aliphatic hydroxyl groups is 1. The van der Waals surface area contributed by atoms with Gasteiger partial charge < -0.3 is 10.2 Å². The van der Waals surface area contributed by atoms with Gasteiger partial charge in [0, 0.05) is 25.4 Å². The Morgan fingerprint density at radius 2 is 2.50 bits per heavy atom. The summed E-state index contributed by atoms with van der Waals surface area (Å²) in [7, 11) is 1.70. The second-order valence-electron chi connectivity index (χ2n) is 2.50. The topological polar surface area (TPSA) is 75.3 Å². The Balaban J connectivity index is 2.64. The maximum atomic E-state index is 10.3. The van der Waals surface area contributed by atoms with Gasteiger partial charge in [0.2, 0.25) is 0 Å². The molecule has 5 heteroatoms. The van der Waals surface area contributed by atoms with Gasteiger partial charge in [-0.25, -0.2) is 4.79 Å². The fourth-order valence-corrected chi connectivity index (χ4v) is 0.887. The van der Waals surface area contributed by atoms with Crippen LogP contribution >= 0.6 is 0 Å². The quantitative estimate of drug-likeness (QED) is 0.635. The van der Waals surface area contributed by atoms with Crippen LogP contribution in [0.1, 0.15) is 5.69 Å². The average molecular weight is 170 g/mol. The van der Waals surface area contributed by atoms with Crippen LogP contribution in [0.4, 0.5) is 0 Å². The van der Waals surface area contributed by atoms with Gasteiger partial charge >= 0.3 is 5.97 Å². The third-order valence-corrected chi connectivity index (χ3v) is 1.61. The van der Waals surface area contributed by atoms with Gasteiger partial charge in [-0.3, -0.25) is 4.68 Å². The maximum absolute atomic E-state index is 10.3. The van der Waals surface area contributed by atoms with Gasteiger partial charge in [0.15, 0.2) is 6.10 Å². The third-order valence-electron chi connectivity index (χ3n) is 1.61. The fraction of sp³-hybridized carbons (Fsp3) is 0.429. The van der Waals surface area contributed by atoms with Gasteiger partial charge in [-0.2, -0.15) is 5.10 Å². The highest BCUT2D eigenvalue weighted by Crippen LogP contribution is 2.01. The molecule has 0 saturated heterocycles. The van der Waals surface area contributed by atoms with Crippen molar-refractivity contribution in [2.45, 2.75) is 12.5 Å². The van der Waals surface area contributed by atoms with E-state index in [9.17, 15) is 4.79 Å². The molecule has 1 aromatic heterocycles. The number of hydrogen-bond donors (Lipinski definition) is 2. The van der Waals surface area contributed by atoms with Crippen molar-refractivity contribution in [3.8, 4) is 0 Å². The average Bonchev–Trinajstić information content (AvgIpc) is 2.36. The van der Waals surface area contributed by atoms with Gasteiger partial charge in [0.05, 0.1) is 0 Å². The van der Waals surface area contributed by atoms with Gasteiger partial charge in [-0.1, -0.05) is 0 Å². The summed E-state index contributed by atoms with van der Waals surface area (Å²) in [5.74, 6) is -1.21. The van der Waals surface area contributed by atoms with E-state index in [0.717, 1.165) is 0 Å². The Kier molecular flexibility index (Phi) is 2.44. The molecule has 0 aliphatic carbocycles. The first-order valence-electron chi connectivity index (χ1n) is 3.49. The van der Waals surface area contributed by atoms with Crippen LogP contribution in [0.25, 0.3) is 0 Å². The van der Waals surface area contributed by atoms with E-state index in [-0.39, 0.29) is 6.42 Å². The molecule has 2 N–H and O–H groups in total. The van der Waals surface area contributed by atoms with Crippen molar-refractivity contribution in [3.63, 3.8) is 0 Å². The highest BCUT2D eigenvalue weighted by molar-refractivity contribution is 5.72. The molecule has 0 saturated carbocycles. The second kappa shape index (κ2) is 3.36. The molecule has 0 bridgehead atoms. The summed E-state index contributed by atoms with van der Waals surface area (Å²) in [6.45, 7) is 0. The molecule has 0 aliphatic heterocycles. The lowest BCUT2D eigenvalue weighted by atomic mass is 10.2. The number of aromatic nitrogens is 2. The molecule has 0 amide bonds. The summed E-state index contributed by atoms with van der Waals surface area (Å²) in [6, 6.07) is 1.67. The predicted octanol–water partition coefficient (Wildman–Crippen LogP) is -0.592. The molecule has 1 atom stereocenters. The standard InChI is InChI=1S/C7H10N2O3/c1-9-5(2-3-8-9)4-6(10)7(11)12/h2-3,6,10H,4H2,1H3,(H,11,12)/t6-/m0/s1. The minimum Gasteiger partial charge on any atom is -0.479 e. The number of carbonyl (C=O) groups is 1. The highest BCUT2D eigenvalue weighted by Gasteiger charge is 2.14. The Bertz CT molecular complexity index is 282. The zero-order chi connectivity index (χ0) is 9.14. The first-order chi connectivity index (χ1) is 5.61. The van der Waals surface area contributed by atoms with Crippen LogP contribution in [0.3, 0.4) is 0 Å². The van der Waals surface area contributed by atoms with Gasteiger partial charge in [-0.15, -0.1) is 0 Å². The van der Waals surface area contributed by atoms with Gasteiger partial charge in [0.25, 0.3) is 0 Å². The van der Waals surface area contributed by atoms with E-state index in [0.29, 0.717) is 5.69 Å². The molecule has 1 rings (SSSR count). The minimum atomic E-state index is -1.35. The Hall–Kier alpha value is -1.36. The van der Waals surface area contributed by atoms with Crippen molar-refractivity contribution in [1.29, 1.82) is 0 Å². The van der Waals surface area contributed by atoms with E-state index in [2.05, 4.69) is 5.10 Å². The second-order valence-corrected chi connectivity index (χ2v) is 2.50.